The zero-order valence-corrected chi connectivity index (χ0v) is 18.9. The van der Waals surface area contributed by atoms with Gasteiger partial charge in [-0.2, -0.15) is 0 Å². The van der Waals surface area contributed by atoms with Crippen molar-refractivity contribution >= 4 is 17.4 Å². The Morgan fingerprint density at radius 3 is 2.51 bits per heavy atom. The van der Waals surface area contributed by atoms with Crippen molar-refractivity contribution in [2.45, 2.75) is 12.8 Å². The third-order valence-electron chi connectivity index (χ3n) is 5.65. The molecule has 0 bridgehead atoms. The van der Waals surface area contributed by atoms with Gasteiger partial charge in [-0.15, -0.1) is 13.2 Å². The van der Waals surface area contributed by atoms with Crippen LogP contribution in [0.25, 0.3) is 0 Å². The molecule has 1 amide bonds. The van der Waals surface area contributed by atoms with Gasteiger partial charge in [0.1, 0.15) is 17.1 Å². The van der Waals surface area contributed by atoms with E-state index in [4.69, 9.17) is 0 Å². The molecule has 1 aliphatic heterocycles. The van der Waals surface area contributed by atoms with Gasteiger partial charge in [-0.25, -0.2) is 4.98 Å². The van der Waals surface area contributed by atoms with E-state index in [2.05, 4.69) is 36.9 Å². The number of hydrogen-bond acceptors (Lipinski definition) is 6. The Morgan fingerprint density at radius 1 is 1.11 bits per heavy atom. The monoisotopic (exact) mass is 487 g/mol. The van der Waals surface area contributed by atoms with Crippen LogP contribution in [-0.2, 0) is 6.42 Å². The molecule has 1 saturated heterocycles. The molecule has 2 aromatic heterocycles. The number of aromatic amines is 1. The van der Waals surface area contributed by atoms with Gasteiger partial charge in [0.2, 0.25) is 0 Å². The third kappa shape index (κ3) is 6.38. The molecule has 11 heteroatoms. The van der Waals surface area contributed by atoms with E-state index in [1.165, 1.54) is 18.3 Å². The van der Waals surface area contributed by atoms with Crippen LogP contribution in [-0.4, -0.2) is 60.4 Å². The number of carbonyl (C=O) groups is 1. The van der Waals surface area contributed by atoms with Gasteiger partial charge in [-0.3, -0.25) is 9.59 Å². The summed E-state index contributed by atoms with van der Waals surface area (Å²) in [5.41, 5.74) is 0.993. The molecule has 1 aliphatic rings. The van der Waals surface area contributed by atoms with Crippen LogP contribution in [0.5, 0.6) is 5.75 Å². The normalized spacial score (nSPS) is 14.6. The van der Waals surface area contributed by atoms with E-state index in [1.807, 2.05) is 12.1 Å². The number of rotatable bonds is 6. The van der Waals surface area contributed by atoms with E-state index >= 15 is 0 Å². The first-order chi connectivity index (χ1) is 16.7. The van der Waals surface area contributed by atoms with Gasteiger partial charge in [0.05, 0.1) is 0 Å². The average molecular weight is 487 g/mol. The van der Waals surface area contributed by atoms with Crippen LogP contribution in [0.2, 0.25) is 0 Å². The van der Waals surface area contributed by atoms with Gasteiger partial charge in [0.25, 0.3) is 11.5 Å². The zero-order valence-electron chi connectivity index (χ0n) is 18.9. The molecule has 4 rings (SSSR count). The number of anilines is 2. The molecule has 0 atom stereocenters. The number of nitrogens with zero attached hydrogens (tertiary/aromatic N) is 3. The summed E-state index contributed by atoms with van der Waals surface area (Å²) in [5, 5.41) is 2.56. The number of ether oxygens (including phenoxy) is 1. The molecule has 3 aromatic rings. The van der Waals surface area contributed by atoms with Crippen molar-refractivity contribution in [1.29, 1.82) is 0 Å². The van der Waals surface area contributed by atoms with E-state index in [-0.39, 0.29) is 11.3 Å². The number of amides is 1. The van der Waals surface area contributed by atoms with Crippen LogP contribution >= 0.6 is 0 Å². The Kier molecular flexibility index (Phi) is 7.06. The van der Waals surface area contributed by atoms with Crippen LogP contribution in [0.1, 0.15) is 21.5 Å². The second-order valence-corrected chi connectivity index (χ2v) is 8.22. The largest absolute Gasteiger partial charge is 0.573 e. The average Bonchev–Trinajstić information content (AvgIpc) is 2.80. The lowest BCUT2D eigenvalue weighted by Gasteiger charge is -2.33. The van der Waals surface area contributed by atoms with Crippen molar-refractivity contribution in [2.75, 3.05) is 43.4 Å². The highest BCUT2D eigenvalue weighted by molar-refractivity contribution is 6.05. The van der Waals surface area contributed by atoms with Crippen LogP contribution in [0.3, 0.4) is 0 Å². The van der Waals surface area contributed by atoms with E-state index in [0.29, 0.717) is 12.0 Å². The van der Waals surface area contributed by atoms with Gasteiger partial charge in [-0.05, 0) is 67.1 Å². The second-order valence-electron chi connectivity index (χ2n) is 8.22. The molecule has 1 fully saturated rings. The van der Waals surface area contributed by atoms with E-state index < -0.39 is 23.6 Å². The van der Waals surface area contributed by atoms with Crippen LogP contribution in [0.4, 0.5) is 24.7 Å². The number of likely N-dealkylation sites (N-methyl/N-ethyl adjacent to an activating group) is 1. The molecular formula is C24H24F3N5O3. The first kappa shape index (κ1) is 24.3. The Hall–Kier alpha value is -3.86. The molecule has 0 unspecified atom stereocenters. The summed E-state index contributed by atoms with van der Waals surface area (Å²) in [6, 6.07) is 10.1. The van der Waals surface area contributed by atoms with Crippen molar-refractivity contribution in [3.63, 3.8) is 0 Å². The number of piperazine rings is 1. The van der Waals surface area contributed by atoms with Crippen molar-refractivity contribution < 1.29 is 22.7 Å². The number of H-pyrrole nitrogens is 1. The molecule has 0 aliphatic carbocycles. The highest BCUT2D eigenvalue weighted by Crippen LogP contribution is 2.24. The quantitative estimate of drug-likeness (QED) is 0.555. The summed E-state index contributed by atoms with van der Waals surface area (Å²) in [4.78, 5) is 36.9. The molecule has 0 radical (unpaired) electrons. The number of nitrogens with one attached hydrogen (secondary N) is 2. The Labute approximate surface area is 199 Å². The predicted octanol–water partition coefficient (Wildman–Crippen LogP) is 3.26. The fraction of sp³-hybridized carbons (Fsp3) is 0.292. The Bertz CT molecular complexity index is 1240. The maximum absolute atomic E-state index is 12.9. The van der Waals surface area contributed by atoms with Crippen LogP contribution in [0.15, 0.2) is 59.7 Å². The number of halogens is 3. The zero-order chi connectivity index (χ0) is 25.0. The third-order valence-corrected chi connectivity index (χ3v) is 5.65. The first-order valence-electron chi connectivity index (χ1n) is 10.9. The molecule has 184 valence electrons. The number of benzene rings is 1. The SMILES string of the molecule is CN1CCN(c2cc(Cc3cc[nH]c(=O)c3C(=O)Nc3ccc(OC(F)(F)F)cc3)ccn2)CC1. The predicted molar refractivity (Wildman–Crippen MR) is 125 cm³/mol. The van der Waals surface area contributed by atoms with Crippen molar-refractivity contribution in [3.05, 3.63) is 81.9 Å². The van der Waals surface area contributed by atoms with Crippen LogP contribution in [0, 0.1) is 0 Å². The minimum atomic E-state index is -4.81. The van der Waals surface area contributed by atoms with Crippen molar-refractivity contribution in [1.82, 2.24) is 14.9 Å². The highest BCUT2D eigenvalue weighted by atomic mass is 19.4. The number of aromatic nitrogens is 2. The van der Waals surface area contributed by atoms with E-state index in [9.17, 15) is 22.8 Å². The smallest absolute Gasteiger partial charge is 0.406 e. The number of pyridine rings is 2. The molecule has 0 saturated carbocycles. The van der Waals surface area contributed by atoms with Crippen molar-refractivity contribution in [2.24, 2.45) is 0 Å². The summed E-state index contributed by atoms with van der Waals surface area (Å²) < 4.78 is 40.9. The lowest BCUT2D eigenvalue weighted by molar-refractivity contribution is -0.274. The summed E-state index contributed by atoms with van der Waals surface area (Å²) >= 11 is 0. The topological polar surface area (TPSA) is 90.6 Å². The second kappa shape index (κ2) is 10.2. The maximum atomic E-state index is 12.9. The summed E-state index contributed by atoms with van der Waals surface area (Å²) in [5.74, 6) is -0.241. The minimum absolute atomic E-state index is 0.0684. The number of carbonyl (C=O) groups excluding carboxylic acids is 1. The lowest BCUT2D eigenvalue weighted by atomic mass is 10.0. The standard InChI is InChI=1S/C24H24F3N5O3/c1-31-10-12-32(13-11-31)20-15-16(6-8-28-20)14-17-7-9-29-22(33)21(17)23(34)30-18-2-4-19(5-3-18)35-24(25,26)27/h2-9,15H,10-14H2,1H3,(H,29,33)(H,30,34). The molecule has 35 heavy (non-hydrogen) atoms. The molecule has 8 nitrogen and oxygen atoms in total. The Morgan fingerprint density at radius 2 is 1.83 bits per heavy atom. The number of alkyl halides is 3. The minimum Gasteiger partial charge on any atom is -0.406 e. The van der Waals surface area contributed by atoms with Crippen molar-refractivity contribution in [3.8, 4) is 5.75 Å². The highest BCUT2D eigenvalue weighted by Gasteiger charge is 2.31. The molecule has 2 N–H and O–H groups in total. The maximum Gasteiger partial charge on any atom is 0.573 e. The molecule has 3 heterocycles. The number of hydrogen-bond donors (Lipinski definition) is 2. The fourth-order valence-electron chi connectivity index (χ4n) is 3.85. The molecule has 0 spiro atoms. The van der Waals surface area contributed by atoms with Crippen LogP contribution < -0.4 is 20.5 Å². The van der Waals surface area contributed by atoms with Gasteiger partial charge < -0.3 is 24.8 Å². The fourth-order valence-corrected chi connectivity index (χ4v) is 3.85. The van der Waals surface area contributed by atoms with E-state index in [1.54, 1.807) is 12.3 Å². The van der Waals surface area contributed by atoms with Gasteiger partial charge in [0.15, 0.2) is 0 Å². The molecular weight excluding hydrogens is 463 g/mol. The molecule has 1 aromatic carbocycles. The lowest BCUT2D eigenvalue weighted by Crippen LogP contribution is -2.44. The summed E-state index contributed by atoms with van der Waals surface area (Å²) in [7, 11) is 2.07. The van der Waals surface area contributed by atoms with E-state index in [0.717, 1.165) is 49.7 Å². The van der Waals surface area contributed by atoms with Gasteiger partial charge >= 0.3 is 6.36 Å². The summed E-state index contributed by atoms with van der Waals surface area (Å²) in [6.07, 6.45) is -1.30. The van der Waals surface area contributed by atoms with Gasteiger partial charge in [-0.1, -0.05) is 0 Å². The summed E-state index contributed by atoms with van der Waals surface area (Å²) in [6.45, 7) is 3.60. The Balaban J connectivity index is 1.51. The first-order valence-corrected chi connectivity index (χ1v) is 10.9. The van der Waals surface area contributed by atoms with Gasteiger partial charge in [0, 0.05) is 44.3 Å².